The van der Waals surface area contributed by atoms with Crippen LogP contribution in [0.15, 0.2) is 42.5 Å². The molecule has 0 aliphatic carbocycles. The number of carbonyl (C=O) groups excluding carboxylic acids is 2. The number of hydrogen-bond acceptors (Lipinski definition) is 4. The molecular formula is C22H22ClN3O4. The van der Waals surface area contributed by atoms with Crippen molar-refractivity contribution in [1.82, 2.24) is 10.6 Å². The summed E-state index contributed by atoms with van der Waals surface area (Å²) in [7, 11) is 0. The quantitative estimate of drug-likeness (QED) is 0.557. The minimum Gasteiger partial charge on any atom is -0.478 e. The van der Waals surface area contributed by atoms with E-state index >= 15 is 0 Å². The Morgan fingerprint density at radius 3 is 2.30 bits per heavy atom. The maximum absolute atomic E-state index is 12.6. The van der Waals surface area contributed by atoms with Gasteiger partial charge in [-0.05, 0) is 48.2 Å². The normalized spacial score (nSPS) is 11.4. The number of amides is 2. The average Bonchev–Trinajstić information content (AvgIpc) is 2.71. The third kappa shape index (κ3) is 6.06. The Morgan fingerprint density at radius 2 is 1.73 bits per heavy atom. The molecule has 0 fully saturated rings. The summed E-state index contributed by atoms with van der Waals surface area (Å²) < 4.78 is 0. The summed E-state index contributed by atoms with van der Waals surface area (Å²) in [5.41, 5.74) is 1.64. The fourth-order valence-electron chi connectivity index (χ4n) is 2.88. The molecule has 1 atom stereocenters. The Morgan fingerprint density at radius 1 is 1.10 bits per heavy atom. The lowest BCUT2D eigenvalue weighted by molar-refractivity contribution is -0.123. The van der Waals surface area contributed by atoms with Crippen molar-refractivity contribution in [3.63, 3.8) is 0 Å². The number of rotatable bonds is 8. The van der Waals surface area contributed by atoms with Crippen molar-refractivity contribution < 1.29 is 19.5 Å². The van der Waals surface area contributed by atoms with Gasteiger partial charge in [0.25, 0.3) is 5.91 Å². The summed E-state index contributed by atoms with van der Waals surface area (Å²) >= 11 is 6.19. The van der Waals surface area contributed by atoms with E-state index in [9.17, 15) is 14.4 Å². The van der Waals surface area contributed by atoms with Crippen LogP contribution in [0.1, 0.15) is 41.0 Å². The minimum absolute atomic E-state index is 0.108. The van der Waals surface area contributed by atoms with E-state index in [1.807, 2.05) is 19.9 Å². The van der Waals surface area contributed by atoms with Crippen LogP contribution in [0.3, 0.4) is 0 Å². The lowest BCUT2D eigenvalue weighted by Crippen LogP contribution is -2.47. The second-order valence-corrected chi connectivity index (χ2v) is 7.52. The summed E-state index contributed by atoms with van der Waals surface area (Å²) in [6.07, 6.45) is 0.429. The van der Waals surface area contributed by atoms with Crippen LogP contribution in [-0.2, 0) is 4.79 Å². The highest BCUT2D eigenvalue weighted by Crippen LogP contribution is 2.29. The zero-order chi connectivity index (χ0) is 22.3. The Hall–Kier alpha value is -3.37. The second kappa shape index (κ2) is 10.4. The third-order valence-corrected chi connectivity index (χ3v) is 4.67. The van der Waals surface area contributed by atoms with Gasteiger partial charge in [0.1, 0.15) is 12.6 Å². The summed E-state index contributed by atoms with van der Waals surface area (Å²) in [6, 6.07) is 12.0. The topological polar surface area (TPSA) is 119 Å². The van der Waals surface area contributed by atoms with Gasteiger partial charge in [0.2, 0.25) is 5.91 Å². The standard InChI is InChI=1S/C22H22ClN3O4/c1-13(2)11-19(21(28)25-10-9-24)26-20(27)15-5-3-14(4-6-15)17-12-16(22(29)30)7-8-18(17)23/h3-8,12-13,19H,10-11H2,1-2H3,(H,25,28)(H,26,27)(H,29,30)/t19-/m0/s1. The van der Waals surface area contributed by atoms with Crippen LogP contribution < -0.4 is 10.6 Å². The monoisotopic (exact) mass is 427 g/mol. The Bertz CT molecular complexity index is 981. The van der Waals surface area contributed by atoms with Gasteiger partial charge in [0.15, 0.2) is 0 Å². The maximum atomic E-state index is 12.6. The van der Waals surface area contributed by atoms with E-state index in [1.54, 1.807) is 24.3 Å². The molecule has 156 valence electrons. The van der Waals surface area contributed by atoms with E-state index in [-0.39, 0.29) is 18.0 Å². The van der Waals surface area contributed by atoms with Crippen LogP contribution in [0, 0.1) is 17.2 Å². The van der Waals surface area contributed by atoms with E-state index in [0.717, 1.165) is 0 Å². The van der Waals surface area contributed by atoms with Gasteiger partial charge in [-0.15, -0.1) is 0 Å². The van der Waals surface area contributed by atoms with Crippen molar-refractivity contribution >= 4 is 29.4 Å². The lowest BCUT2D eigenvalue weighted by Gasteiger charge is -2.19. The highest BCUT2D eigenvalue weighted by Gasteiger charge is 2.22. The summed E-state index contributed by atoms with van der Waals surface area (Å²) in [5.74, 6) is -1.74. The molecule has 0 aliphatic heterocycles. The number of aromatic carboxylic acids is 1. The van der Waals surface area contributed by atoms with Gasteiger partial charge >= 0.3 is 5.97 Å². The lowest BCUT2D eigenvalue weighted by atomic mass is 10.0. The number of carbonyl (C=O) groups is 3. The van der Waals surface area contributed by atoms with Crippen molar-refractivity contribution in [3.05, 3.63) is 58.6 Å². The molecule has 0 spiro atoms. The van der Waals surface area contributed by atoms with Crippen molar-refractivity contribution in [2.75, 3.05) is 6.54 Å². The molecule has 8 heteroatoms. The largest absolute Gasteiger partial charge is 0.478 e. The molecule has 2 rings (SSSR count). The fourth-order valence-corrected chi connectivity index (χ4v) is 3.10. The van der Waals surface area contributed by atoms with Gasteiger partial charge in [0, 0.05) is 16.1 Å². The van der Waals surface area contributed by atoms with E-state index in [2.05, 4.69) is 10.6 Å². The molecule has 0 saturated heterocycles. The van der Waals surface area contributed by atoms with Crippen LogP contribution in [-0.4, -0.2) is 35.5 Å². The zero-order valence-corrected chi connectivity index (χ0v) is 17.4. The van der Waals surface area contributed by atoms with Crippen molar-refractivity contribution in [1.29, 1.82) is 5.26 Å². The number of carboxylic acid groups (broad SMARTS) is 1. The number of halogens is 1. The smallest absolute Gasteiger partial charge is 0.335 e. The maximum Gasteiger partial charge on any atom is 0.335 e. The number of nitrogens with zero attached hydrogens (tertiary/aromatic N) is 1. The first kappa shape index (κ1) is 22.9. The molecule has 0 heterocycles. The SMILES string of the molecule is CC(C)C[C@H](NC(=O)c1ccc(-c2cc(C(=O)O)ccc2Cl)cc1)C(=O)NCC#N. The van der Waals surface area contributed by atoms with E-state index < -0.39 is 23.8 Å². The van der Waals surface area contributed by atoms with E-state index in [4.69, 9.17) is 22.0 Å². The molecular weight excluding hydrogens is 406 g/mol. The molecule has 30 heavy (non-hydrogen) atoms. The summed E-state index contributed by atoms with van der Waals surface area (Å²) in [6.45, 7) is 3.73. The van der Waals surface area contributed by atoms with Gasteiger partial charge in [-0.1, -0.05) is 37.6 Å². The van der Waals surface area contributed by atoms with E-state index in [0.29, 0.717) is 28.1 Å². The number of hydrogen-bond donors (Lipinski definition) is 3. The predicted octanol–water partition coefficient (Wildman–Crippen LogP) is 3.49. The molecule has 2 aromatic carbocycles. The first-order valence-corrected chi connectivity index (χ1v) is 9.69. The molecule has 0 saturated carbocycles. The summed E-state index contributed by atoms with van der Waals surface area (Å²) in [5, 5.41) is 23.4. The Balaban J connectivity index is 2.19. The molecule has 0 aromatic heterocycles. The molecule has 2 aromatic rings. The highest BCUT2D eigenvalue weighted by atomic mass is 35.5. The number of nitrogens with one attached hydrogen (secondary N) is 2. The van der Waals surface area contributed by atoms with Crippen molar-refractivity contribution in [2.24, 2.45) is 5.92 Å². The van der Waals surface area contributed by atoms with E-state index in [1.165, 1.54) is 18.2 Å². The number of nitriles is 1. The first-order chi connectivity index (χ1) is 14.2. The van der Waals surface area contributed by atoms with Crippen LogP contribution in [0.4, 0.5) is 0 Å². The summed E-state index contributed by atoms with van der Waals surface area (Å²) in [4.78, 5) is 36.0. The Kier molecular flexibility index (Phi) is 7.96. The van der Waals surface area contributed by atoms with Gasteiger partial charge in [-0.25, -0.2) is 4.79 Å². The molecule has 2 amide bonds. The molecule has 0 aliphatic rings. The zero-order valence-electron chi connectivity index (χ0n) is 16.6. The van der Waals surface area contributed by atoms with Gasteiger partial charge in [-0.3, -0.25) is 9.59 Å². The van der Waals surface area contributed by atoms with Crippen molar-refractivity contribution in [2.45, 2.75) is 26.3 Å². The van der Waals surface area contributed by atoms with Gasteiger partial charge in [-0.2, -0.15) is 5.26 Å². The molecule has 3 N–H and O–H groups in total. The highest BCUT2D eigenvalue weighted by molar-refractivity contribution is 6.33. The second-order valence-electron chi connectivity index (χ2n) is 7.11. The molecule has 0 radical (unpaired) electrons. The molecule has 0 unspecified atom stereocenters. The number of benzene rings is 2. The van der Waals surface area contributed by atoms with Gasteiger partial charge in [0.05, 0.1) is 11.6 Å². The fraction of sp³-hybridized carbons (Fsp3) is 0.273. The van der Waals surface area contributed by atoms with Crippen LogP contribution >= 0.6 is 11.6 Å². The number of carboxylic acids is 1. The van der Waals surface area contributed by atoms with Crippen LogP contribution in [0.2, 0.25) is 5.02 Å². The van der Waals surface area contributed by atoms with Crippen LogP contribution in [0.25, 0.3) is 11.1 Å². The average molecular weight is 428 g/mol. The van der Waals surface area contributed by atoms with Crippen molar-refractivity contribution in [3.8, 4) is 17.2 Å². The minimum atomic E-state index is -1.06. The van der Waals surface area contributed by atoms with Gasteiger partial charge < -0.3 is 15.7 Å². The molecule has 0 bridgehead atoms. The third-order valence-electron chi connectivity index (χ3n) is 4.34. The van der Waals surface area contributed by atoms with Crippen LogP contribution in [0.5, 0.6) is 0 Å². The predicted molar refractivity (Wildman–Crippen MR) is 113 cm³/mol. The molecule has 7 nitrogen and oxygen atoms in total. The Labute approximate surface area is 179 Å². The first-order valence-electron chi connectivity index (χ1n) is 9.31.